The Morgan fingerprint density at radius 1 is 0.422 bits per heavy atom. The number of hydrogen-bond donors (Lipinski definition) is 0. The van der Waals surface area contributed by atoms with Crippen molar-refractivity contribution in [3.63, 3.8) is 0 Å². The van der Waals surface area contributed by atoms with Gasteiger partial charge in [-0.05, 0) is 22.3 Å². The Balaban J connectivity index is 1.36. The molecule has 0 N–H and O–H groups in total. The van der Waals surface area contributed by atoms with Crippen LogP contribution in [0.1, 0.15) is 57.3 Å². The van der Waals surface area contributed by atoms with Crippen LogP contribution in [0.3, 0.4) is 0 Å². The summed E-state index contributed by atoms with van der Waals surface area (Å²) in [6, 6.07) is 66.4. The van der Waals surface area contributed by atoms with Crippen LogP contribution in [0, 0.1) is 0 Å². The van der Waals surface area contributed by atoms with E-state index in [0.29, 0.717) is 0 Å². The van der Waals surface area contributed by atoms with Gasteiger partial charge in [-0.2, -0.15) is 0 Å². The molecule has 2 heteroatoms. The van der Waals surface area contributed by atoms with E-state index in [0.717, 1.165) is 13.1 Å². The third-order valence-electron chi connectivity index (χ3n) is 9.19. The van der Waals surface area contributed by atoms with Crippen LogP contribution in [0.5, 0.6) is 0 Å². The van der Waals surface area contributed by atoms with Crippen molar-refractivity contribution in [2.75, 3.05) is 13.1 Å². The van der Waals surface area contributed by atoms with Gasteiger partial charge in [-0.25, -0.2) is 0 Å². The quantitative estimate of drug-likeness (QED) is 0.146. The lowest BCUT2D eigenvalue weighted by Crippen LogP contribution is -2.31. The highest BCUT2D eigenvalue weighted by Crippen LogP contribution is 2.43. The van der Waals surface area contributed by atoms with Gasteiger partial charge in [0.15, 0.2) is 12.1 Å². The maximum Gasteiger partial charge on any atom is 0.235 e. The lowest BCUT2D eigenvalue weighted by molar-refractivity contribution is -0.565. The second-order valence-corrected chi connectivity index (χ2v) is 12.0. The Morgan fingerprint density at radius 2 is 0.778 bits per heavy atom. The van der Waals surface area contributed by atoms with E-state index in [4.69, 9.17) is 0 Å². The van der Waals surface area contributed by atoms with Crippen LogP contribution in [-0.4, -0.2) is 28.9 Å². The van der Waals surface area contributed by atoms with E-state index in [1.54, 1.807) is 0 Å². The summed E-state index contributed by atoms with van der Waals surface area (Å²) >= 11 is 0. The summed E-state index contributed by atoms with van der Waals surface area (Å²) in [5.41, 5.74) is 8.02. The standard InChI is InChI=1S/C43H39N2/c1-7-19-34(20-8-1)40(35-21-9-2-10-22-35)31-44-33-45(32-41(36-23-11-3-12-24-36)37-25-13-4-14-26-37)43(39-29-17-6-18-30-39)42(44)38-27-15-5-16-28-38/h1-30,33,40-43H,31-32H2/q+1/t42-,43-/m0/s1. The molecule has 2 atom stereocenters. The Kier molecular flexibility index (Phi) is 8.64. The zero-order valence-electron chi connectivity index (χ0n) is 25.5. The van der Waals surface area contributed by atoms with Crippen LogP contribution in [-0.2, 0) is 0 Å². The molecule has 0 aromatic heterocycles. The SMILES string of the molecule is C1=[N+](CC(c2ccccc2)c2ccccc2)[C@@H](c2ccccc2)[C@H](c2ccccc2)N1CC(c1ccccc1)c1ccccc1. The number of hydrogen-bond acceptors (Lipinski definition) is 1. The molecule has 1 aliphatic heterocycles. The molecule has 0 bridgehead atoms. The molecule has 6 aromatic rings. The largest absolute Gasteiger partial charge is 0.256 e. The Bertz CT molecular complexity index is 1710. The maximum atomic E-state index is 2.62. The molecule has 2 nitrogen and oxygen atoms in total. The number of benzene rings is 6. The number of rotatable bonds is 10. The molecule has 0 unspecified atom stereocenters. The topological polar surface area (TPSA) is 6.25 Å². The van der Waals surface area contributed by atoms with Gasteiger partial charge < -0.3 is 0 Å². The fourth-order valence-corrected chi connectivity index (χ4v) is 7.04. The predicted molar refractivity (Wildman–Crippen MR) is 186 cm³/mol. The molecule has 0 fully saturated rings. The summed E-state index contributed by atoms with van der Waals surface area (Å²) in [6.45, 7) is 1.74. The van der Waals surface area contributed by atoms with Crippen molar-refractivity contribution in [1.82, 2.24) is 4.90 Å². The minimum atomic E-state index is 0.149. The molecule has 6 aromatic carbocycles. The molecule has 0 aliphatic carbocycles. The molecule has 220 valence electrons. The summed E-state index contributed by atoms with van der Waals surface area (Å²) in [5.74, 6) is 0.454. The Hall–Kier alpha value is -5.21. The zero-order valence-corrected chi connectivity index (χ0v) is 25.5. The first-order chi connectivity index (χ1) is 22.3. The summed E-state index contributed by atoms with van der Waals surface area (Å²) in [7, 11) is 0. The van der Waals surface area contributed by atoms with Crippen molar-refractivity contribution in [2.45, 2.75) is 23.9 Å². The fourth-order valence-electron chi connectivity index (χ4n) is 7.04. The van der Waals surface area contributed by atoms with E-state index in [2.05, 4.69) is 198 Å². The molecule has 7 rings (SSSR count). The highest BCUT2D eigenvalue weighted by Gasteiger charge is 2.45. The van der Waals surface area contributed by atoms with Crippen molar-refractivity contribution in [3.8, 4) is 0 Å². The molecule has 0 saturated heterocycles. The molecule has 45 heavy (non-hydrogen) atoms. The van der Waals surface area contributed by atoms with Crippen molar-refractivity contribution >= 4 is 6.34 Å². The van der Waals surface area contributed by atoms with Gasteiger partial charge in [0, 0.05) is 23.0 Å². The molecule has 0 amide bonds. The van der Waals surface area contributed by atoms with Crippen LogP contribution in [0.15, 0.2) is 182 Å². The smallest absolute Gasteiger partial charge is 0.235 e. The van der Waals surface area contributed by atoms with E-state index in [1.807, 2.05) is 0 Å². The van der Waals surface area contributed by atoms with Crippen molar-refractivity contribution < 1.29 is 4.58 Å². The molecule has 0 saturated carbocycles. The number of nitrogens with zero attached hydrogens (tertiary/aromatic N) is 2. The van der Waals surface area contributed by atoms with Crippen LogP contribution < -0.4 is 0 Å². The molecule has 1 heterocycles. The van der Waals surface area contributed by atoms with Crippen molar-refractivity contribution in [3.05, 3.63) is 215 Å². The molecular weight excluding hydrogens is 544 g/mol. The van der Waals surface area contributed by atoms with Crippen LogP contribution in [0.2, 0.25) is 0 Å². The van der Waals surface area contributed by atoms with Gasteiger partial charge >= 0.3 is 0 Å². The van der Waals surface area contributed by atoms with Crippen LogP contribution >= 0.6 is 0 Å². The van der Waals surface area contributed by atoms with Gasteiger partial charge in [-0.15, -0.1) is 0 Å². The normalized spacial score (nSPS) is 16.2. The summed E-state index contributed by atoms with van der Waals surface area (Å²) in [6.07, 6.45) is 2.44. The second-order valence-electron chi connectivity index (χ2n) is 12.0. The second kappa shape index (κ2) is 13.6. The monoisotopic (exact) mass is 583 g/mol. The fraction of sp³-hybridized carbons (Fsp3) is 0.140. The van der Waals surface area contributed by atoms with E-state index in [-0.39, 0.29) is 23.9 Å². The van der Waals surface area contributed by atoms with E-state index in [1.165, 1.54) is 33.4 Å². The van der Waals surface area contributed by atoms with E-state index < -0.39 is 0 Å². The van der Waals surface area contributed by atoms with Gasteiger partial charge in [0.2, 0.25) is 6.34 Å². The molecular formula is C43H39N2+. The van der Waals surface area contributed by atoms with Crippen LogP contribution in [0.4, 0.5) is 0 Å². The lowest BCUT2D eigenvalue weighted by atomic mass is 9.87. The average Bonchev–Trinajstić information content (AvgIpc) is 3.49. The van der Waals surface area contributed by atoms with Gasteiger partial charge in [0.05, 0.1) is 13.1 Å². The minimum absolute atomic E-state index is 0.149. The predicted octanol–water partition coefficient (Wildman–Crippen LogP) is 9.49. The first kappa shape index (κ1) is 28.6. The average molecular weight is 584 g/mol. The van der Waals surface area contributed by atoms with Gasteiger partial charge in [0.1, 0.15) is 0 Å². The summed E-state index contributed by atoms with van der Waals surface area (Å²) < 4.78 is 2.62. The van der Waals surface area contributed by atoms with Crippen molar-refractivity contribution in [1.29, 1.82) is 0 Å². The van der Waals surface area contributed by atoms with Gasteiger partial charge in [0.25, 0.3) is 0 Å². The van der Waals surface area contributed by atoms with E-state index in [9.17, 15) is 0 Å². The van der Waals surface area contributed by atoms with E-state index >= 15 is 0 Å². The third kappa shape index (κ3) is 6.37. The van der Waals surface area contributed by atoms with Crippen LogP contribution in [0.25, 0.3) is 0 Å². The lowest BCUT2D eigenvalue weighted by Gasteiger charge is -2.28. The summed E-state index contributed by atoms with van der Waals surface area (Å²) in [5, 5.41) is 0. The van der Waals surface area contributed by atoms with Crippen molar-refractivity contribution in [2.24, 2.45) is 0 Å². The Morgan fingerprint density at radius 3 is 1.20 bits per heavy atom. The molecule has 0 spiro atoms. The first-order valence-electron chi connectivity index (χ1n) is 16.0. The zero-order chi connectivity index (χ0) is 30.3. The third-order valence-corrected chi connectivity index (χ3v) is 9.19. The minimum Gasteiger partial charge on any atom is -0.256 e. The highest BCUT2D eigenvalue weighted by atomic mass is 15.3. The maximum absolute atomic E-state index is 2.62. The molecule has 1 aliphatic rings. The van der Waals surface area contributed by atoms with Gasteiger partial charge in [-0.1, -0.05) is 182 Å². The Labute approximate surface area is 267 Å². The first-order valence-corrected chi connectivity index (χ1v) is 16.0. The molecule has 0 radical (unpaired) electrons. The summed E-state index contributed by atoms with van der Waals surface area (Å²) in [4.78, 5) is 2.62. The van der Waals surface area contributed by atoms with Gasteiger partial charge in [-0.3, -0.25) is 9.48 Å². The highest BCUT2D eigenvalue weighted by molar-refractivity contribution is 5.55.